The van der Waals surface area contributed by atoms with Gasteiger partial charge in [-0.1, -0.05) is 26.8 Å². The Hall–Kier alpha value is -0.890. The van der Waals surface area contributed by atoms with Crippen LogP contribution in [-0.2, 0) is 11.2 Å². The van der Waals surface area contributed by atoms with Crippen molar-refractivity contribution in [2.45, 2.75) is 46.6 Å². The predicted octanol–water partition coefficient (Wildman–Crippen LogP) is 3.25. The van der Waals surface area contributed by atoms with Crippen LogP contribution < -0.4 is 10.6 Å². The topological polar surface area (TPSA) is 58.5 Å². The fraction of sp³-hybridized carbons (Fsp3) is 0.684. The van der Waals surface area contributed by atoms with Crippen molar-refractivity contribution < 1.29 is 4.74 Å². The summed E-state index contributed by atoms with van der Waals surface area (Å²) in [7, 11) is 0. The van der Waals surface area contributed by atoms with E-state index < -0.39 is 0 Å². The van der Waals surface area contributed by atoms with Gasteiger partial charge in [-0.3, -0.25) is 9.98 Å². The van der Waals surface area contributed by atoms with Crippen LogP contribution in [-0.4, -0.2) is 43.3 Å². The fourth-order valence-electron chi connectivity index (χ4n) is 3.18. The third kappa shape index (κ3) is 7.48. The highest BCUT2D eigenvalue weighted by Gasteiger charge is 2.36. The number of aliphatic imine (C=N–C) groups is 1. The lowest BCUT2D eigenvalue weighted by Gasteiger charge is -2.30. The minimum absolute atomic E-state index is 0. The molecule has 1 aliphatic rings. The van der Waals surface area contributed by atoms with E-state index in [0.29, 0.717) is 5.92 Å². The Morgan fingerprint density at radius 2 is 2.12 bits per heavy atom. The van der Waals surface area contributed by atoms with Crippen molar-refractivity contribution in [2.75, 3.05) is 26.2 Å². The van der Waals surface area contributed by atoms with Crippen LogP contribution in [0.5, 0.6) is 0 Å². The summed E-state index contributed by atoms with van der Waals surface area (Å²) in [6.45, 7) is 12.2. The molecule has 2 atom stereocenters. The summed E-state index contributed by atoms with van der Waals surface area (Å²) in [6, 6.07) is 6.02. The van der Waals surface area contributed by atoms with E-state index in [2.05, 4.69) is 49.4 Å². The Labute approximate surface area is 169 Å². The first-order valence-corrected chi connectivity index (χ1v) is 9.04. The molecule has 2 rings (SSSR count). The zero-order valence-electron chi connectivity index (χ0n) is 15.9. The van der Waals surface area contributed by atoms with E-state index in [1.807, 2.05) is 18.3 Å². The second-order valence-corrected chi connectivity index (χ2v) is 7.42. The summed E-state index contributed by atoms with van der Waals surface area (Å²) in [5.74, 6) is 1.38. The Morgan fingerprint density at radius 1 is 1.32 bits per heavy atom. The van der Waals surface area contributed by atoms with Gasteiger partial charge in [0.2, 0.25) is 0 Å². The highest BCUT2D eigenvalue weighted by molar-refractivity contribution is 14.0. The molecule has 1 aromatic heterocycles. The van der Waals surface area contributed by atoms with Crippen LogP contribution in [0.25, 0.3) is 0 Å². The van der Waals surface area contributed by atoms with Gasteiger partial charge in [-0.15, -0.1) is 24.0 Å². The molecule has 0 bridgehead atoms. The first-order chi connectivity index (χ1) is 11.5. The molecule has 0 saturated carbocycles. The summed E-state index contributed by atoms with van der Waals surface area (Å²) in [5, 5.41) is 6.73. The number of nitrogens with zero attached hydrogens (tertiary/aromatic N) is 2. The molecule has 142 valence electrons. The maximum Gasteiger partial charge on any atom is 0.191 e. The molecule has 2 unspecified atom stereocenters. The molecule has 1 aromatic rings. The maximum absolute atomic E-state index is 5.94. The Balaban J connectivity index is 0.00000312. The Kier molecular flexibility index (Phi) is 9.71. The largest absolute Gasteiger partial charge is 0.377 e. The van der Waals surface area contributed by atoms with Crippen molar-refractivity contribution in [3.63, 3.8) is 0 Å². The SMILES string of the molecule is CCNC(=NCC1CCOC1C(C)(C)C)NCCc1ccccn1.I. The van der Waals surface area contributed by atoms with E-state index in [1.54, 1.807) is 0 Å². The summed E-state index contributed by atoms with van der Waals surface area (Å²) >= 11 is 0. The van der Waals surface area contributed by atoms with E-state index in [9.17, 15) is 0 Å². The molecule has 0 aromatic carbocycles. The van der Waals surface area contributed by atoms with Crippen molar-refractivity contribution in [3.8, 4) is 0 Å². The molecule has 0 radical (unpaired) electrons. The van der Waals surface area contributed by atoms with E-state index in [4.69, 9.17) is 9.73 Å². The van der Waals surface area contributed by atoms with Gasteiger partial charge in [0.15, 0.2) is 5.96 Å². The molecule has 2 heterocycles. The number of aromatic nitrogens is 1. The average Bonchev–Trinajstić information content (AvgIpc) is 3.02. The van der Waals surface area contributed by atoms with Gasteiger partial charge in [-0.2, -0.15) is 0 Å². The van der Waals surface area contributed by atoms with E-state index >= 15 is 0 Å². The van der Waals surface area contributed by atoms with Gasteiger partial charge in [0, 0.05) is 50.5 Å². The zero-order valence-corrected chi connectivity index (χ0v) is 18.2. The number of rotatable bonds is 6. The summed E-state index contributed by atoms with van der Waals surface area (Å²) in [4.78, 5) is 9.14. The summed E-state index contributed by atoms with van der Waals surface area (Å²) < 4.78 is 5.94. The molecule has 0 aliphatic carbocycles. The second kappa shape index (κ2) is 11.0. The van der Waals surface area contributed by atoms with Gasteiger partial charge in [-0.25, -0.2) is 0 Å². The first kappa shape index (κ1) is 22.2. The van der Waals surface area contributed by atoms with Crippen molar-refractivity contribution in [2.24, 2.45) is 16.3 Å². The van der Waals surface area contributed by atoms with Gasteiger partial charge < -0.3 is 15.4 Å². The van der Waals surface area contributed by atoms with Crippen LogP contribution in [0, 0.1) is 11.3 Å². The van der Waals surface area contributed by atoms with Crippen LogP contribution in [0.4, 0.5) is 0 Å². The monoisotopic (exact) mass is 460 g/mol. The van der Waals surface area contributed by atoms with Crippen LogP contribution in [0.1, 0.15) is 39.8 Å². The summed E-state index contributed by atoms with van der Waals surface area (Å²) in [6.07, 6.45) is 4.11. The quantitative estimate of drug-likeness (QED) is 0.389. The Bertz CT molecular complexity index is 516. The van der Waals surface area contributed by atoms with E-state index in [0.717, 1.165) is 50.7 Å². The normalized spacial score (nSPS) is 20.9. The molecular formula is C19H33IN4O. The standard InChI is InChI=1S/C19H32N4O.HI/c1-5-20-18(22-12-9-16-8-6-7-11-21-16)23-14-15-10-13-24-17(15)19(2,3)4;/h6-8,11,15,17H,5,9-10,12-14H2,1-4H3,(H2,20,22,23);1H. The lowest BCUT2D eigenvalue weighted by atomic mass is 9.81. The molecule has 5 nitrogen and oxygen atoms in total. The number of nitrogens with one attached hydrogen (secondary N) is 2. The third-order valence-corrected chi connectivity index (χ3v) is 4.30. The van der Waals surface area contributed by atoms with Crippen LogP contribution in [0.2, 0.25) is 0 Å². The fourth-order valence-corrected chi connectivity index (χ4v) is 3.18. The number of hydrogen-bond donors (Lipinski definition) is 2. The summed E-state index contributed by atoms with van der Waals surface area (Å²) in [5.41, 5.74) is 1.26. The van der Waals surface area contributed by atoms with Gasteiger partial charge >= 0.3 is 0 Å². The smallest absolute Gasteiger partial charge is 0.191 e. The van der Waals surface area contributed by atoms with Crippen molar-refractivity contribution >= 4 is 29.9 Å². The molecule has 1 aliphatic heterocycles. The van der Waals surface area contributed by atoms with Gasteiger partial charge in [0.25, 0.3) is 0 Å². The van der Waals surface area contributed by atoms with E-state index in [-0.39, 0.29) is 35.5 Å². The van der Waals surface area contributed by atoms with E-state index in [1.165, 1.54) is 0 Å². The molecule has 1 saturated heterocycles. The molecule has 1 fully saturated rings. The minimum atomic E-state index is 0. The molecule has 2 N–H and O–H groups in total. The van der Waals surface area contributed by atoms with Crippen LogP contribution in [0.3, 0.4) is 0 Å². The zero-order chi connectivity index (χ0) is 17.4. The lowest BCUT2D eigenvalue weighted by Crippen LogP contribution is -2.39. The predicted molar refractivity (Wildman–Crippen MR) is 115 cm³/mol. The number of ether oxygens (including phenoxy) is 1. The molecular weight excluding hydrogens is 427 g/mol. The van der Waals surface area contributed by atoms with Crippen LogP contribution >= 0.6 is 24.0 Å². The molecule has 0 amide bonds. The molecule has 0 spiro atoms. The molecule has 6 heteroatoms. The van der Waals surface area contributed by atoms with Gasteiger partial charge in [0.05, 0.1) is 6.10 Å². The number of hydrogen-bond acceptors (Lipinski definition) is 3. The highest BCUT2D eigenvalue weighted by Crippen LogP contribution is 2.34. The highest BCUT2D eigenvalue weighted by atomic mass is 127. The minimum Gasteiger partial charge on any atom is -0.377 e. The average molecular weight is 460 g/mol. The van der Waals surface area contributed by atoms with Gasteiger partial charge in [0.1, 0.15) is 0 Å². The van der Waals surface area contributed by atoms with Crippen molar-refractivity contribution in [1.82, 2.24) is 15.6 Å². The van der Waals surface area contributed by atoms with Crippen molar-refractivity contribution in [1.29, 1.82) is 0 Å². The van der Waals surface area contributed by atoms with Crippen molar-refractivity contribution in [3.05, 3.63) is 30.1 Å². The third-order valence-electron chi connectivity index (χ3n) is 4.30. The van der Waals surface area contributed by atoms with Gasteiger partial charge in [-0.05, 0) is 30.9 Å². The maximum atomic E-state index is 5.94. The Morgan fingerprint density at radius 3 is 2.76 bits per heavy atom. The number of pyridine rings is 1. The number of guanidine groups is 1. The van der Waals surface area contributed by atoms with Crippen LogP contribution in [0.15, 0.2) is 29.4 Å². The number of halogens is 1. The second-order valence-electron chi connectivity index (χ2n) is 7.42. The lowest BCUT2D eigenvalue weighted by molar-refractivity contribution is 0.00890. The first-order valence-electron chi connectivity index (χ1n) is 9.04. The molecule has 25 heavy (non-hydrogen) atoms.